The van der Waals surface area contributed by atoms with E-state index in [0.29, 0.717) is 12.5 Å². The predicted molar refractivity (Wildman–Crippen MR) is 75.1 cm³/mol. The number of methoxy groups -OCH3 is 1. The van der Waals surface area contributed by atoms with E-state index in [4.69, 9.17) is 10.5 Å². The van der Waals surface area contributed by atoms with Crippen LogP contribution in [0.1, 0.15) is 31.2 Å². The third kappa shape index (κ3) is 3.96. The molecular formula is C15H22N2O2. The lowest BCUT2D eigenvalue weighted by molar-refractivity contribution is -0.121. The normalized spacial score (nSPS) is 22.8. The monoisotopic (exact) mass is 262 g/mol. The van der Waals surface area contributed by atoms with Gasteiger partial charge < -0.3 is 15.8 Å². The van der Waals surface area contributed by atoms with E-state index in [1.807, 2.05) is 24.3 Å². The lowest BCUT2D eigenvalue weighted by Gasteiger charge is -2.26. The fraction of sp³-hybridized carbons (Fsp3) is 0.533. The zero-order valence-electron chi connectivity index (χ0n) is 11.4. The number of amides is 1. The van der Waals surface area contributed by atoms with Crippen LogP contribution in [0.25, 0.3) is 0 Å². The third-order valence-electron chi connectivity index (χ3n) is 3.68. The van der Waals surface area contributed by atoms with Gasteiger partial charge in [0, 0.05) is 17.6 Å². The van der Waals surface area contributed by atoms with Crippen molar-refractivity contribution in [2.45, 2.75) is 44.2 Å². The van der Waals surface area contributed by atoms with Gasteiger partial charge >= 0.3 is 0 Å². The van der Waals surface area contributed by atoms with Crippen molar-refractivity contribution in [2.75, 3.05) is 7.11 Å². The highest BCUT2D eigenvalue weighted by Gasteiger charge is 2.20. The van der Waals surface area contributed by atoms with Crippen molar-refractivity contribution in [1.29, 1.82) is 0 Å². The smallest absolute Gasteiger partial charge is 0.224 e. The van der Waals surface area contributed by atoms with Crippen LogP contribution < -0.4 is 15.8 Å². The average molecular weight is 262 g/mol. The summed E-state index contributed by atoms with van der Waals surface area (Å²) in [6, 6.07) is 8.22. The summed E-state index contributed by atoms with van der Waals surface area (Å²) < 4.78 is 5.25. The minimum atomic E-state index is 0.0602. The molecule has 2 rings (SSSR count). The molecule has 0 atom stereocenters. The van der Waals surface area contributed by atoms with Crippen molar-refractivity contribution < 1.29 is 9.53 Å². The van der Waals surface area contributed by atoms with E-state index in [0.717, 1.165) is 37.0 Å². The lowest BCUT2D eigenvalue weighted by Crippen LogP contribution is -2.41. The van der Waals surface area contributed by atoms with E-state index in [1.54, 1.807) is 7.11 Å². The van der Waals surface area contributed by atoms with Crippen LogP contribution in [0.15, 0.2) is 24.3 Å². The Morgan fingerprint density at radius 1 is 1.32 bits per heavy atom. The molecule has 1 aliphatic carbocycles. The molecule has 0 aromatic heterocycles. The Balaban J connectivity index is 1.87. The van der Waals surface area contributed by atoms with Crippen LogP contribution in [0.3, 0.4) is 0 Å². The number of carbonyl (C=O) groups is 1. The van der Waals surface area contributed by atoms with Crippen LogP contribution in [0.5, 0.6) is 5.75 Å². The van der Waals surface area contributed by atoms with Crippen LogP contribution in [-0.2, 0) is 11.2 Å². The molecule has 4 heteroatoms. The molecule has 1 aromatic rings. The first-order chi connectivity index (χ1) is 9.19. The van der Waals surface area contributed by atoms with Crippen molar-refractivity contribution in [3.63, 3.8) is 0 Å². The Morgan fingerprint density at radius 2 is 2.00 bits per heavy atom. The Kier molecular flexibility index (Phi) is 4.80. The zero-order valence-corrected chi connectivity index (χ0v) is 11.4. The maximum absolute atomic E-state index is 12.0. The van der Waals surface area contributed by atoms with Crippen LogP contribution in [0.4, 0.5) is 0 Å². The number of ether oxygens (including phenoxy) is 1. The molecule has 0 aliphatic heterocycles. The molecule has 0 radical (unpaired) electrons. The summed E-state index contributed by atoms with van der Waals surface area (Å²) in [5.41, 5.74) is 6.79. The molecule has 1 fully saturated rings. The Bertz CT molecular complexity index is 426. The van der Waals surface area contributed by atoms with Crippen molar-refractivity contribution in [1.82, 2.24) is 5.32 Å². The molecule has 3 N–H and O–H groups in total. The van der Waals surface area contributed by atoms with Crippen molar-refractivity contribution in [2.24, 2.45) is 5.73 Å². The number of hydrogen-bond acceptors (Lipinski definition) is 3. The first-order valence-corrected chi connectivity index (χ1v) is 6.86. The highest BCUT2D eigenvalue weighted by Crippen LogP contribution is 2.19. The minimum absolute atomic E-state index is 0.0602. The number of carbonyl (C=O) groups excluding carboxylic acids is 1. The SMILES string of the molecule is COc1ccccc1CC(=O)NC1CCC(N)CC1. The highest BCUT2D eigenvalue weighted by molar-refractivity contribution is 5.79. The van der Waals surface area contributed by atoms with Crippen LogP contribution in [0.2, 0.25) is 0 Å². The van der Waals surface area contributed by atoms with Gasteiger partial charge in [-0.05, 0) is 31.7 Å². The van der Waals surface area contributed by atoms with Gasteiger partial charge in [0.25, 0.3) is 0 Å². The quantitative estimate of drug-likeness (QED) is 0.866. The largest absolute Gasteiger partial charge is 0.496 e. The molecular weight excluding hydrogens is 240 g/mol. The molecule has 1 aliphatic rings. The van der Waals surface area contributed by atoms with Crippen LogP contribution in [-0.4, -0.2) is 25.1 Å². The Morgan fingerprint density at radius 3 is 2.68 bits per heavy atom. The van der Waals surface area contributed by atoms with Gasteiger partial charge in [-0.15, -0.1) is 0 Å². The van der Waals surface area contributed by atoms with E-state index in [2.05, 4.69) is 5.32 Å². The van der Waals surface area contributed by atoms with E-state index < -0.39 is 0 Å². The van der Waals surface area contributed by atoms with Gasteiger partial charge in [-0.3, -0.25) is 4.79 Å². The van der Waals surface area contributed by atoms with Crippen molar-refractivity contribution in [3.05, 3.63) is 29.8 Å². The van der Waals surface area contributed by atoms with Gasteiger partial charge in [0.2, 0.25) is 5.91 Å². The molecule has 4 nitrogen and oxygen atoms in total. The Labute approximate surface area is 114 Å². The van der Waals surface area contributed by atoms with Crippen molar-refractivity contribution >= 4 is 5.91 Å². The first-order valence-electron chi connectivity index (χ1n) is 6.86. The Hall–Kier alpha value is -1.55. The summed E-state index contributed by atoms with van der Waals surface area (Å²) in [5, 5.41) is 3.09. The van der Waals surface area contributed by atoms with E-state index >= 15 is 0 Å². The molecule has 1 amide bonds. The first kappa shape index (κ1) is 13.9. The van der Waals surface area contributed by atoms with Gasteiger partial charge in [0.1, 0.15) is 5.75 Å². The fourth-order valence-electron chi connectivity index (χ4n) is 2.56. The maximum Gasteiger partial charge on any atom is 0.224 e. The molecule has 1 saturated carbocycles. The number of para-hydroxylation sites is 1. The summed E-state index contributed by atoms with van der Waals surface area (Å²) in [4.78, 5) is 12.0. The summed E-state index contributed by atoms with van der Waals surface area (Å²) in [7, 11) is 1.62. The van der Waals surface area contributed by atoms with Gasteiger partial charge in [-0.2, -0.15) is 0 Å². The summed E-state index contributed by atoms with van der Waals surface area (Å²) >= 11 is 0. The summed E-state index contributed by atoms with van der Waals surface area (Å²) in [5.74, 6) is 0.827. The second-order valence-corrected chi connectivity index (χ2v) is 5.17. The number of hydrogen-bond donors (Lipinski definition) is 2. The fourth-order valence-corrected chi connectivity index (χ4v) is 2.56. The predicted octanol–water partition coefficient (Wildman–Crippen LogP) is 1.62. The van der Waals surface area contributed by atoms with Gasteiger partial charge in [-0.1, -0.05) is 18.2 Å². The second kappa shape index (κ2) is 6.57. The third-order valence-corrected chi connectivity index (χ3v) is 3.68. The molecule has 0 bridgehead atoms. The molecule has 19 heavy (non-hydrogen) atoms. The number of benzene rings is 1. The zero-order chi connectivity index (χ0) is 13.7. The van der Waals surface area contributed by atoms with E-state index in [9.17, 15) is 4.79 Å². The van der Waals surface area contributed by atoms with E-state index in [1.165, 1.54) is 0 Å². The summed E-state index contributed by atoms with van der Waals surface area (Å²) in [6.45, 7) is 0. The second-order valence-electron chi connectivity index (χ2n) is 5.17. The van der Waals surface area contributed by atoms with Gasteiger partial charge in [0.15, 0.2) is 0 Å². The number of nitrogens with two attached hydrogens (primary N) is 1. The van der Waals surface area contributed by atoms with Crippen molar-refractivity contribution in [3.8, 4) is 5.75 Å². The molecule has 0 heterocycles. The summed E-state index contributed by atoms with van der Waals surface area (Å²) in [6.07, 6.45) is 4.34. The highest BCUT2D eigenvalue weighted by atomic mass is 16.5. The average Bonchev–Trinajstić information content (AvgIpc) is 2.42. The number of rotatable bonds is 4. The molecule has 0 unspecified atom stereocenters. The number of nitrogens with one attached hydrogen (secondary N) is 1. The molecule has 0 saturated heterocycles. The molecule has 104 valence electrons. The van der Waals surface area contributed by atoms with Gasteiger partial charge in [0.05, 0.1) is 13.5 Å². The topological polar surface area (TPSA) is 64.3 Å². The lowest BCUT2D eigenvalue weighted by atomic mass is 9.91. The maximum atomic E-state index is 12.0. The molecule has 0 spiro atoms. The van der Waals surface area contributed by atoms with E-state index in [-0.39, 0.29) is 11.9 Å². The van der Waals surface area contributed by atoms with Crippen LogP contribution >= 0.6 is 0 Å². The van der Waals surface area contributed by atoms with Crippen LogP contribution in [0, 0.1) is 0 Å². The standard InChI is InChI=1S/C15H22N2O2/c1-19-14-5-3-2-4-11(14)10-15(18)17-13-8-6-12(16)7-9-13/h2-5,12-13H,6-10,16H2,1H3,(H,17,18). The molecule has 1 aromatic carbocycles. The minimum Gasteiger partial charge on any atom is -0.496 e. The van der Waals surface area contributed by atoms with Gasteiger partial charge in [-0.25, -0.2) is 0 Å².